The third kappa shape index (κ3) is 3.35. The van der Waals surface area contributed by atoms with Gasteiger partial charge in [-0.25, -0.2) is 4.39 Å². The molecule has 0 spiro atoms. The van der Waals surface area contributed by atoms with E-state index in [1.807, 2.05) is 37.3 Å². The number of halogens is 1. The minimum Gasteiger partial charge on any atom is -0.507 e. The number of nitrogens with one attached hydrogen (secondary N) is 1. The summed E-state index contributed by atoms with van der Waals surface area (Å²) in [6.45, 7) is 1.84. The molecule has 0 radical (unpaired) electrons. The zero-order valence-corrected chi connectivity index (χ0v) is 11.1. The van der Waals surface area contributed by atoms with Gasteiger partial charge in [-0.2, -0.15) is 0 Å². The van der Waals surface area contributed by atoms with Crippen LogP contribution >= 0.6 is 0 Å². The molecule has 3 nitrogen and oxygen atoms in total. The molecule has 0 aliphatic carbocycles. The quantitative estimate of drug-likeness (QED) is 0.900. The van der Waals surface area contributed by atoms with Gasteiger partial charge >= 0.3 is 0 Å². The third-order valence-corrected chi connectivity index (χ3v) is 2.98. The van der Waals surface area contributed by atoms with Crippen molar-refractivity contribution in [3.63, 3.8) is 0 Å². The summed E-state index contributed by atoms with van der Waals surface area (Å²) in [6, 6.07) is 13.3. The van der Waals surface area contributed by atoms with Crippen LogP contribution in [0.1, 0.15) is 22.8 Å². The number of amides is 1. The van der Waals surface area contributed by atoms with Crippen LogP contribution in [0, 0.1) is 5.82 Å². The lowest BCUT2D eigenvalue weighted by atomic mass is 10.1. The summed E-state index contributed by atoms with van der Waals surface area (Å²) in [5.74, 6) is -1.69. The maximum atomic E-state index is 13.6. The molecule has 0 saturated carbocycles. The smallest absolute Gasteiger partial charge is 0.258 e. The highest BCUT2D eigenvalue weighted by Crippen LogP contribution is 2.19. The van der Waals surface area contributed by atoms with E-state index in [0.717, 1.165) is 11.6 Å². The number of phenolic OH excluding ortho intramolecular Hbond substituents is 1. The van der Waals surface area contributed by atoms with E-state index in [4.69, 9.17) is 0 Å². The van der Waals surface area contributed by atoms with Crippen molar-refractivity contribution in [1.82, 2.24) is 5.32 Å². The van der Waals surface area contributed by atoms with Crippen LogP contribution in [0.5, 0.6) is 5.75 Å². The molecule has 0 aliphatic rings. The molecule has 0 heterocycles. The number of benzene rings is 2. The third-order valence-electron chi connectivity index (χ3n) is 2.98. The van der Waals surface area contributed by atoms with Crippen molar-refractivity contribution >= 4 is 5.91 Å². The Labute approximate surface area is 117 Å². The van der Waals surface area contributed by atoms with Crippen molar-refractivity contribution in [2.75, 3.05) is 0 Å². The second-order valence-electron chi connectivity index (χ2n) is 4.70. The van der Waals surface area contributed by atoms with Crippen molar-refractivity contribution in [2.24, 2.45) is 0 Å². The number of hydrogen-bond acceptors (Lipinski definition) is 2. The fraction of sp³-hybridized carbons (Fsp3) is 0.188. The summed E-state index contributed by atoms with van der Waals surface area (Å²) in [7, 11) is 0. The van der Waals surface area contributed by atoms with Gasteiger partial charge in [-0.05, 0) is 31.0 Å². The van der Waals surface area contributed by atoms with E-state index in [0.29, 0.717) is 6.42 Å². The van der Waals surface area contributed by atoms with Crippen LogP contribution in [0.3, 0.4) is 0 Å². The van der Waals surface area contributed by atoms with Gasteiger partial charge in [-0.3, -0.25) is 4.79 Å². The van der Waals surface area contributed by atoms with Gasteiger partial charge in [0.25, 0.3) is 5.91 Å². The Balaban J connectivity index is 2.04. The van der Waals surface area contributed by atoms with Gasteiger partial charge in [0.05, 0.1) is 0 Å². The SMILES string of the molecule is CC(Cc1ccccc1)NC(=O)c1c(O)cccc1F. The molecule has 2 rings (SSSR count). The van der Waals surface area contributed by atoms with E-state index in [2.05, 4.69) is 5.32 Å². The van der Waals surface area contributed by atoms with E-state index in [-0.39, 0.29) is 17.4 Å². The van der Waals surface area contributed by atoms with Crippen LogP contribution in [0.15, 0.2) is 48.5 Å². The average Bonchev–Trinajstić information content (AvgIpc) is 2.39. The number of carbonyl (C=O) groups excluding carboxylic acids is 1. The number of hydrogen-bond donors (Lipinski definition) is 2. The average molecular weight is 273 g/mol. The standard InChI is InChI=1S/C16H16FNO2/c1-11(10-12-6-3-2-4-7-12)18-16(20)15-13(17)8-5-9-14(15)19/h2-9,11,19H,10H2,1H3,(H,18,20). The highest BCUT2D eigenvalue weighted by molar-refractivity contribution is 5.97. The highest BCUT2D eigenvalue weighted by atomic mass is 19.1. The Morgan fingerprint density at radius 1 is 1.20 bits per heavy atom. The Bertz CT molecular complexity index is 578. The summed E-state index contributed by atoms with van der Waals surface area (Å²) < 4.78 is 13.6. The normalized spacial score (nSPS) is 11.9. The van der Waals surface area contributed by atoms with Crippen molar-refractivity contribution in [3.05, 3.63) is 65.5 Å². The molecule has 0 fully saturated rings. The topological polar surface area (TPSA) is 49.3 Å². The number of carbonyl (C=O) groups is 1. The Morgan fingerprint density at radius 3 is 2.55 bits per heavy atom. The Morgan fingerprint density at radius 2 is 1.90 bits per heavy atom. The minimum absolute atomic E-state index is 0.163. The van der Waals surface area contributed by atoms with Crippen LogP contribution in [0.4, 0.5) is 4.39 Å². The van der Waals surface area contributed by atoms with E-state index in [1.54, 1.807) is 0 Å². The summed E-state index contributed by atoms with van der Waals surface area (Å²) in [5.41, 5.74) is 0.769. The molecule has 0 aromatic heterocycles. The predicted molar refractivity (Wildman–Crippen MR) is 75.1 cm³/mol. The fourth-order valence-electron chi connectivity index (χ4n) is 2.05. The molecule has 4 heteroatoms. The van der Waals surface area contributed by atoms with Crippen LogP contribution in [0.2, 0.25) is 0 Å². The van der Waals surface area contributed by atoms with Gasteiger partial charge in [0, 0.05) is 6.04 Å². The molecule has 0 bridgehead atoms. The van der Waals surface area contributed by atoms with E-state index in [1.165, 1.54) is 12.1 Å². The lowest BCUT2D eigenvalue weighted by Crippen LogP contribution is -2.34. The summed E-state index contributed by atoms with van der Waals surface area (Å²) in [6.07, 6.45) is 0.641. The highest BCUT2D eigenvalue weighted by Gasteiger charge is 2.18. The summed E-state index contributed by atoms with van der Waals surface area (Å²) in [4.78, 5) is 12.0. The van der Waals surface area contributed by atoms with Gasteiger partial charge in [-0.1, -0.05) is 36.4 Å². The van der Waals surface area contributed by atoms with Crippen LogP contribution in [-0.4, -0.2) is 17.1 Å². The van der Waals surface area contributed by atoms with Gasteiger partial charge in [0.15, 0.2) is 0 Å². The first-order valence-corrected chi connectivity index (χ1v) is 6.40. The van der Waals surface area contributed by atoms with Crippen LogP contribution < -0.4 is 5.32 Å². The lowest BCUT2D eigenvalue weighted by Gasteiger charge is -2.15. The molecule has 2 aromatic rings. The maximum absolute atomic E-state index is 13.6. The van der Waals surface area contributed by atoms with Crippen LogP contribution in [-0.2, 0) is 6.42 Å². The number of aromatic hydroxyl groups is 1. The first kappa shape index (κ1) is 14.1. The van der Waals surface area contributed by atoms with Gasteiger partial charge in [0.2, 0.25) is 0 Å². The minimum atomic E-state index is -0.727. The predicted octanol–water partition coefficient (Wildman–Crippen LogP) is 2.89. The van der Waals surface area contributed by atoms with Crippen molar-refractivity contribution in [3.8, 4) is 5.75 Å². The molecule has 104 valence electrons. The van der Waals surface area contributed by atoms with E-state index in [9.17, 15) is 14.3 Å². The largest absolute Gasteiger partial charge is 0.507 e. The summed E-state index contributed by atoms with van der Waals surface area (Å²) >= 11 is 0. The molecule has 2 N–H and O–H groups in total. The first-order valence-electron chi connectivity index (χ1n) is 6.40. The Kier molecular flexibility index (Phi) is 4.35. The molecule has 1 unspecified atom stereocenters. The second kappa shape index (κ2) is 6.19. The molecular formula is C16H16FNO2. The molecular weight excluding hydrogens is 257 g/mol. The first-order chi connectivity index (χ1) is 9.58. The molecule has 1 amide bonds. The zero-order valence-electron chi connectivity index (χ0n) is 11.1. The zero-order chi connectivity index (χ0) is 14.5. The molecule has 2 aromatic carbocycles. The monoisotopic (exact) mass is 273 g/mol. The molecule has 0 saturated heterocycles. The van der Waals surface area contributed by atoms with Crippen molar-refractivity contribution in [1.29, 1.82) is 0 Å². The van der Waals surface area contributed by atoms with Gasteiger partial charge in [0.1, 0.15) is 17.1 Å². The Hall–Kier alpha value is -2.36. The number of phenols is 1. The fourth-order valence-corrected chi connectivity index (χ4v) is 2.05. The molecule has 0 aliphatic heterocycles. The van der Waals surface area contributed by atoms with Crippen molar-refractivity contribution in [2.45, 2.75) is 19.4 Å². The maximum Gasteiger partial charge on any atom is 0.258 e. The second-order valence-corrected chi connectivity index (χ2v) is 4.70. The van der Waals surface area contributed by atoms with Crippen LogP contribution in [0.25, 0.3) is 0 Å². The van der Waals surface area contributed by atoms with E-state index < -0.39 is 11.7 Å². The lowest BCUT2D eigenvalue weighted by molar-refractivity contribution is 0.0933. The van der Waals surface area contributed by atoms with Gasteiger partial charge < -0.3 is 10.4 Å². The molecule has 20 heavy (non-hydrogen) atoms. The molecule has 1 atom stereocenters. The van der Waals surface area contributed by atoms with E-state index >= 15 is 0 Å². The van der Waals surface area contributed by atoms with Crippen molar-refractivity contribution < 1.29 is 14.3 Å². The number of rotatable bonds is 4. The van der Waals surface area contributed by atoms with Gasteiger partial charge in [-0.15, -0.1) is 0 Å². The summed E-state index contributed by atoms with van der Waals surface area (Å²) in [5, 5.41) is 12.3.